The highest BCUT2D eigenvalue weighted by Gasteiger charge is 2.10. The van der Waals surface area contributed by atoms with Gasteiger partial charge in [0.25, 0.3) is 0 Å². The Morgan fingerprint density at radius 1 is 1.29 bits per heavy atom. The predicted octanol–water partition coefficient (Wildman–Crippen LogP) is 0.147. The fourth-order valence-electron chi connectivity index (χ4n) is 1.33. The SMILES string of the molecule is CC(=O)N[C@H](O)CC(=O)NCc1ccccc1. The average molecular weight is 236 g/mol. The van der Waals surface area contributed by atoms with Crippen LogP contribution >= 0.6 is 0 Å². The maximum Gasteiger partial charge on any atom is 0.224 e. The topological polar surface area (TPSA) is 78.4 Å². The molecule has 0 aromatic heterocycles. The number of aliphatic hydroxyl groups excluding tert-OH is 1. The van der Waals surface area contributed by atoms with Gasteiger partial charge in [-0.15, -0.1) is 0 Å². The molecule has 0 aliphatic carbocycles. The molecular formula is C12H16N2O3. The van der Waals surface area contributed by atoms with Gasteiger partial charge in [-0.1, -0.05) is 30.3 Å². The minimum Gasteiger partial charge on any atom is -0.373 e. The van der Waals surface area contributed by atoms with Crippen LogP contribution in [0.25, 0.3) is 0 Å². The molecule has 0 radical (unpaired) electrons. The second-order valence-electron chi connectivity index (χ2n) is 3.68. The molecule has 3 N–H and O–H groups in total. The summed E-state index contributed by atoms with van der Waals surface area (Å²) < 4.78 is 0. The quantitative estimate of drug-likeness (QED) is 0.637. The molecule has 5 heteroatoms. The molecule has 1 aromatic rings. The van der Waals surface area contributed by atoms with Crippen molar-refractivity contribution in [3.05, 3.63) is 35.9 Å². The highest BCUT2D eigenvalue weighted by atomic mass is 16.3. The van der Waals surface area contributed by atoms with Crippen LogP contribution in [0.3, 0.4) is 0 Å². The van der Waals surface area contributed by atoms with Crippen molar-refractivity contribution in [1.82, 2.24) is 10.6 Å². The van der Waals surface area contributed by atoms with E-state index in [1.807, 2.05) is 30.3 Å². The average Bonchev–Trinajstić information content (AvgIpc) is 2.26. The van der Waals surface area contributed by atoms with Crippen LogP contribution in [0.1, 0.15) is 18.9 Å². The monoisotopic (exact) mass is 236 g/mol. The van der Waals surface area contributed by atoms with Gasteiger partial charge in [0.2, 0.25) is 11.8 Å². The summed E-state index contributed by atoms with van der Waals surface area (Å²) >= 11 is 0. The van der Waals surface area contributed by atoms with Gasteiger partial charge in [-0.2, -0.15) is 0 Å². The molecule has 0 unspecified atom stereocenters. The van der Waals surface area contributed by atoms with Gasteiger partial charge in [0.1, 0.15) is 6.23 Å². The van der Waals surface area contributed by atoms with E-state index in [9.17, 15) is 14.7 Å². The molecule has 0 spiro atoms. The maximum atomic E-state index is 11.4. The summed E-state index contributed by atoms with van der Waals surface area (Å²) in [7, 11) is 0. The fraction of sp³-hybridized carbons (Fsp3) is 0.333. The molecule has 0 aliphatic rings. The number of amides is 2. The number of hydrogen-bond donors (Lipinski definition) is 3. The molecule has 1 atom stereocenters. The van der Waals surface area contributed by atoms with Gasteiger partial charge in [0, 0.05) is 13.5 Å². The molecule has 0 fully saturated rings. The van der Waals surface area contributed by atoms with Gasteiger partial charge in [-0.05, 0) is 5.56 Å². The van der Waals surface area contributed by atoms with Gasteiger partial charge < -0.3 is 15.7 Å². The predicted molar refractivity (Wildman–Crippen MR) is 62.7 cm³/mol. The lowest BCUT2D eigenvalue weighted by molar-refractivity contribution is -0.126. The normalized spacial score (nSPS) is 11.6. The van der Waals surface area contributed by atoms with E-state index in [0.717, 1.165) is 5.56 Å². The molecule has 1 aromatic carbocycles. The Bertz CT molecular complexity index is 379. The number of nitrogens with one attached hydrogen (secondary N) is 2. The van der Waals surface area contributed by atoms with Crippen LogP contribution in [0.2, 0.25) is 0 Å². The molecule has 1 rings (SSSR count). The van der Waals surface area contributed by atoms with E-state index >= 15 is 0 Å². The third-order valence-electron chi connectivity index (χ3n) is 2.08. The highest BCUT2D eigenvalue weighted by molar-refractivity contribution is 5.78. The summed E-state index contributed by atoms with van der Waals surface area (Å²) in [6.07, 6.45) is -1.28. The zero-order chi connectivity index (χ0) is 12.7. The second-order valence-corrected chi connectivity index (χ2v) is 3.68. The Balaban J connectivity index is 2.28. The largest absolute Gasteiger partial charge is 0.373 e. The zero-order valence-electron chi connectivity index (χ0n) is 9.64. The summed E-state index contributed by atoms with van der Waals surface area (Å²) in [5, 5.41) is 14.2. The van der Waals surface area contributed by atoms with Gasteiger partial charge in [0.05, 0.1) is 6.42 Å². The summed E-state index contributed by atoms with van der Waals surface area (Å²) in [4.78, 5) is 22.0. The van der Waals surface area contributed by atoms with Crippen molar-refractivity contribution in [3.63, 3.8) is 0 Å². The molecule has 2 amide bonds. The Morgan fingerprint density at radius 3 is 2.53 bits per heavy atom. The van der Waals surface area contributed by atoms with E-state index < -0.39 is 6.23 Å². The first kappa shape index (κ1) is 13.2. The number of rotatable bonds is 5. The highest BCUT2D eigenvalue weighted by Crippen LogP contribution is 1.97. The third-order valence-corrected chi connectivity index (χ3v) is 2.08. The summed E-state index contributed by atoms with van der Waals surface area (Å²) in [6, 6.07) is 9.45. The zero-order valence-corrected chi connectivity index (χ0v) is 9.64. The van der Waals surface area contributed by atoms with Crippen molar-refractivity contribution < 1.29 is 14.7 Å². The molecule has 0 aliphatic heterocycles. The van der Waals surface area contributed by atoms with E-state index in [2.05, 4.69) is 10.6 Å². The van der Waals surface area contributed by atoms with Crippen molar-refractivity contribution in [2.75, 3.05) is 0 Å². The molecule has 0 saturated carbocycles. The summed E-state index contributed by atoms with van der Waals surface area (Å²) in [5.41, 5.74) is 0.981. The Hall–Kier alpha value is -1.88. The maximum absolute atomic E-state index is 11.4. The van der Waals surface area contributed by atoms with Crippen LogP contribution in [-0.4, -0.2) is 23.1 Å². The smallest absolute Gasteiger partial charge is 0.224 e. The minimum absolute atomic E-state index is 0.146. The Kier molecular flexibility index (Phi) is 5.16. The van der Waals surface area contributed by atoms with Gasteiger partial charge in [-0.25, -0.2) is 0 Å². The van der Waals surface area contributed by atoms with Crippen LogP contribution in [0.5, 0.6) is 0 Å². The molecular weight excluding hydrogens is 220 g/mol. The van der Waals surface area contributed by atoms with Gasteiger partial charge in [-0.3, -0.25) is 9.59 Å². The number of aliphatic hydroxyl groups is 1. The first-order chi connectivity index (χ1) is 8.08. The van der Waals surface area contributed by atoms with Crippen LogP contribution in [-0.2, 0) is 16.1 Å². The third kappa shape index (κ3) is 5.67. The van der Waals surface area contributed by atoms with E-state index in [1.165, 1.54) is 6.92 Å². The lowest BCUT2D eigenvalue weighted by Gasteiger charge is -2.11. The van der Waals surface area contributed by atoms with Crippen LogP contribution < -0.4 is 10.6 Å². The van der Waals surface area contributed by atoms with Crippen molar-refractivity contribution in [2.45, 2.75) is 26.1 Å². The first-order valence-corrected chi connectivity index (χ1v) is 5.33. The molecule has 92 valence electrons. The Morgan fingerprint density at radius 2 is 1.94 bits per heavy atom. The van der Waals surface area contributed by atoms with Crippen LogP contribution in [0.15, 0.2) is 30.3 Å². The second kappa shape index (κ2) is 6.65. The minimum atomic E-state index is -1.14. The molecule has 0 heterocycles. The standard InChI is InChI=1S/C12H16N2O3/c1-9(15)14-12(17)7-11(16)13-8-10-5-3-2-4-6-10/h2-6,12,17H,7-8H2,1H3,(H,13,16)(H,14,15)/t12-/m1/s1. The van der Waals surface area contributed by atoms with Crippen molar-refractivity contribution in [1.29, 1.82) is 0 Å². The van der Waals surface area contributed by atoms with Crippen molar-refractivity contribution in [2.24, 2.45) is 0 Å². The van der Waals surface area contributed by atoms with Crippen LogP contribution in [0.4, 0.5) is 0 Å². The number of carbonyl (C=O) groups is 2. The van der Waals surface area contributed by atoms with E-state index in [-0.39, 0.29) is 18.2 Å². The van der Waals surface area contributed by atoms with Crippen molar-refractivity contribution >= 4 is 11.8 Å². The summed E-state index contributed by atoms with van der Waals surface area (Å²) in [5.74, 6) is -0.677. The number of benzene rings is 1. The lowest BCUT2D eigenvalue weighted by Crippen LogP contribution is -2.37. The first-order valence-electron chi connectivity index (χ1n) is 5.33. The van der Waals surface area contributed by atoms with Gasteiger partial charge in [0.15, 0.2) is 0 Å². The molecule has 0 bridgehead atoms. The van der Waals surface area contributed by atoms with E-state index in [0.29, 0.717) is 6.54 Å². The van der Waals surface area contributed by atoms with E-state index in [4.69, 9.17) is 0 Å². The lowest BCUT2D eigenvalue weighted by atomic mass is 10.2. The molecule has 5 nitrogen and oxygen atoms in total. The van der Waals surface area contributed by atoms with Crippen molar-refractivity contribution in [3.8, 4) is 0 Å². The van der Waals surface area contributed by atoms with Gasteiger partial charge >= 0.3 is 0 Å². The van der Waals surface area contributed by atoms with E-state index in [1.54, 1.807) is 0 Å². The number of carbonyl (C=O) groups excluding carboxylic acids is 2. The van der Waals surface area contributed by atoms with Crippen LogP contribution in [0, 0.1) is 0 Å². The fourth-order valence-corrected chi connectivity index (χ4v) is 1.33. The number of hydrogen-bond acceptors (Lipinski definition) is 3. The molecule has 17 heavy (non-hydrogen) atoms. The molecule has 0 saturated heterocycles. The summed E-state index contributed by atoms with van der Waals surface area (Å²) in [6.45, 7) is 1.69. The Labute approximate surface area is 99.8 Å².